The largest absolute Gasteiger partial charge is 0.486 e. The molecule has 6 rings (SSSR count). The van der Waals surface area contributed by atoms with E-state index in [1.165, 1.54) is 11.1 Å². The Hall–Kier alpha value is -3.78. The molecule has 208 valence electrons. The number of pyridine rings is 1. The Morgan fingerprint density at radius 2 is 1.98 bits per heavy atom. The van der Waals surface area contributed by atoms with Crippen LogP contribution in [-0.2, 0) is 24.8 Å². The van der Waals surface area contributed by atoms with E-state index in [4.69, 9.17) is 4.74 Å². The highest BCUT2D eigenvalue weighted by Gasteiger charge is 2.42. The molecule has 4 aromatic rings. The molecule has 0 radical (unpaired) electrons. The third kappa shape index (κ3) is 4.35. The van der Waals surface area contributed by atoms with E-state index in [0.717, 1.165) is 65.0 Å². The van der Waals surface area contributed by atoms with Crippen LogP contribution in [0.1, 0.15) is 79.5 Å². The number of carboxylic acid groups (broad SMARTS) is 1. The number of benzene rings is 2. The van der Waals surface area contributed by atoms with Gasteiger partial charge in [0.25, 0.3) is 0 Å². The number of hydrogen-bond acceptors (Lipinski definition) is 6. The first-order valence-corrected chi connectivity index (χ1v) is 14.0. The van der Waals surface area contributed by atoms with Crippen LogP contribution < -0.4 is 4.74 Å². The lowest BCUT2D eigenvalue weighted by atomic mass is 9.69. The number of carbonyl (C=O) groups is 1. The van der Waals surface area contributed by atoms with Gasteiger partial charge in [0.1, 0.15) is 16.9 Å². The number of aromatic nitrogens is 4. The summed E-state index contributed by atoms with van der Waals surface area (Å²) in [5.41, 5.74) is 6.99. The molecule has 0 bridgehead atoms. The van der Waals surface area contributed by atoms with Gasteiger partial charge in [-0.2, -0.15) is 0 Å². The summed E-state index contributed by atoms with van der Waals surface area (Å²) in [7, 11) is 1.87. The monoisotopic (exact) mass is 539 g/mol. The van der Waals surface area contributed by atoms with Crippen molar-refractivity contribution in [1.29, 1.82) is 0 Å². The Balaban J connectivity index is 1.45. The maximum Gasteiger partial charge on any atom is 0.310 e. The van der Waals surface area contributed by atoms with Crippen molar-refractivity contribution < 1.29 is 14.6 Å². The van der Waals surface area contributed by atoms with Crippen molar-refractivity contribution in [2.24, 2.45) is 12.5 Å². The molecule has 8 nitrogen and oxygen atoms in total. The molecular formula is C32H37N5O3. The third-order valence-electron chi connectivity index (χ3n) is 8.86. The number of ether oxygens (including phenoxy) is 1. The van der Waals surface area contributed by atoms with E-state index < -0.39 is 11.4 Å². The van der Waals surface area contributed by atoms with Gasteiger partial charge in [-0.25, -0.2) is 4.68 Å². The zero-order valence-electron chi connectivity index (χ0n) is 24.1. The van der Waals surface area contributed by atoms with Crippen LogP contribution in [0.3, 0.4) is 0 Å². The van der Waals surface area contributed by atoms with Crippen molar-refractivity contribution in [2.45, 2.75) is 71.6 Å². The molecular weight excluding hydrogens is 502 g/mol. The Kier molecular flexibility index (Phi) is 6.22. The summed E-state index contributed by atoms with van der Waals surface area (Å²) in [6, 6.07) is 12.8. The molecule has 0 saturated heterocycles. The third-order valence-corrected chi connectivity index (χ3v) is 8.86. The quantitative estimate of drug-likeness (QED) is 0.354. The number of rotatable bonds is 5. The van der Waals surface area contributed by atoms with Gasteiger partial charge in [-0.3, -0.25) is 14.7 Å². The van der Waals surface area contributed by atoms with Crippen LogP contribution in [-0.4, -0.2) is 48.1 Å². The second-order valence-corrected chi connectivity index (χ2v) is 12.6. The Morgan fingerprint density at radius 3 is 2.75 bits per heavy atom. The highest BCUT2D eigenvalue weighted by atomic mass is 16.5. The predicted molar refractivity (Wildman–Crippen MR) is 153 cm³/mol. The van der Waals surface area contributed by atoms with Crippen molar-refractivity contribution in [3.8, 4) is 5.75 Å². The summed E-state index contributed by atoms with van der Waals surface area (Å²) in [5, 5.41) is 19.0. The Morgan fingerprint density at radius 1 is 1.18 bits per heavy atom. The summed E-state index contributed by atoms with van der Waals surface area (Å²) >= 11 is 0. The second kappa shape index (κ2) is 9.41. The van der Waals surface area contributed by atoms with Crippen LogP contribution in [0.25, 0.3) is 11.0 Å². The molecule has 3 heterocycles. The highest BCUT2D eigenvalue weighted by Crippen LogP contribution is 2.47. The van der Waals surface area contributed by atoms with Crippen molar-refractivity contribution in [3.05, 3.63) is 82.2 Å². The summed E-state index contributed by atoms with van der Waals surface area (Å²) in [4.78, 5) is 19.6. The normalized spacial score (nSPS) is 19.5. The molecule has 0 fully saturated rings. The van der Waals surface area contributed by atoms with Gasteiger partial charge in [0.2, 0.25) is 0 Å². The molecule has 2 atom stereocenters. The smallest absolute Gasteiger partial charge is 0.310 e. The van der Waals surface area contributed by atoms with Crippen LogP contribution in [0.4, 0.5) is 0 Å². The first-order chi connectivity index (χ1) is 19.0. The number of nitrogens with zero attached hydrogens (tertiary/aromatic N) is 5. The summed E-state index contributed by atoms with van der Waals surface area (Å²) in [6.07, 6.45) is 5.71. The average Bonchev–Trinajstić information content (AvgIpc) is 3.45. The first-order valence-electron chi connectivity index (χ1n) is 14.0. The van der Waals surface area contributed by atoms with Gasteiger partial charge in [-0.05, 0) is 87.4 Å². The zero-order valence-corrected chi connectivity index (χ0v) is 24.1. The van der Waals surface area contributed by atoms with Crippen LogP contribution in [0, 0.1) is 12.3 Å². The molecule has 0 saturated carbocycles. The molecule has 1 N–H and O–H groups in total. The van der Waals surface area contributed by atoms with E-state index in [0.29, 0.717) is 0 Å². The van der Waals surface area contributed by atoms with Gasteiger partial charge >= 0.3 is 5.97 Å². The predicted octanol–water partition coefficient (Wildman–Crippen LogP) is 5.57. The van der Waals surface area contributed by atoms with Crippen LogP contribution in [0.2, 0.25) is 0 Å². The fraction of sp³-hybridized carbons (Fsp3) is 0.438. The molecule has 2 aromatic heterocycles. The maximum absolute atomic E-state index is 12.7. The summed E-state index contributed by atoms with van der Waals surface area (Å²) < 4.78 is 8.16. The number of aliphatic carboxylic acids is 1. The minimum Gasteiger partial charge on any atom is -0.486 e. The minimum atomic E-state index is -1.05. The standard InChI is InChI=1S/C32H37N5O3/c1-19-23(10-12-26-29(19)34-35-36(26)6)28(32(4,5)30(38)39)21-8-7-20-9-11-25(24(20)15-21)37-17-22-16-33-14-13-27(22)40-31(2,3)18-37/h7-8,10,12-16,25,28H,9,11,17-18H2,1-6H3,(H,38,39). The van der Waals surface area contributed by atoms with E-state index in [2.05, 4.69) is 58.3 Å². The van der Waals surface area contributed by atoms with Gasteiger partial charge in [0, 0.05) is 50.1 Å². The highest BCUT2D eigenvalue weighted by molar-refractivity contribution is 5.81. The SMILES string of the molecule is Cc1c(C(c2ccc3c(c2)C(N2Cc4cnccc4OC(C)(C)C2)CC3)C(C)(C)C(=O)O)ccc2c1nnn2C. The van der Waals surface area contributed by atoms with E-state index in [1.54, 1.807) is 10.9 Å². The van der Waals surface area contributed by atoms with Crippen molar-refractivity contribution >= 4 is 17.0 Å². The lowest BCUT2D eigenvalue weighted by molar-refractivity contribution is -0.147. The van der Waals surface area contributed by atoms with Crippen molar-refractivity contribution in [3.63, 3.8) is 0 Å². The van der Waals surface area contributed by atoms with Crippen molar-refractivity contribution in [1.82, 2.24) is 24.9 Å². The molecule has 2 unspecified atom stereocenters. The van der Waals surface area contributed by atoms with E-state index >= 15 is 0 Å². The van der Waals surface area contributed by atoms with Gasteiger partial charge in [-0.1, -0.05) is 29.5 Å². The maximum atomic E-state index is 12.7. The van der Waals surface area contributed by atoms with Gasteiger partial charge in [0.15, 0.2) is 0 Å². The van der Waals surface area contributed by atoms with E-state index in [-0.39, 0.29) is 17.6 Å². The van der Waals surface area contributed by atoms with Crippen LogP contribution >= 0.6 is 0 Å². The van der Waals surface area contributed by atoms with Crippen LogP contribution in [0.5, 0.6) is 5.75 Å². The van der Waals surface area contributed by atoms with Crippen molar-refractivity contribution in [2.75, 3.05) is 6.54 Å². The molecule has 40 heavy (non-hydrogen) atoms. The van der Waals surface area contributed by atoms with E-state index in [1.807, 2.05) is 46.1 Å². The molecule has 1 aliphatic carbocycles. The van der Waals surface area contributed by atoms with Gasteiger partial charge < -0.3 is 9.84 Å². The zero-order chi connectivity index (χ0) is 28.4. The number of fused-ring (bicyclic) bond motifs is 3. The Labute approximate surface area is 235 Å². The topological polar surface area (TPSA) is 93.4 Å². The van der Waals surface area contributed by atoms with Crippen LogP contribution in [0.15, 0.2) is 48.8 Å². The fourth-order valence-corrected chi connectivity index (χ4v) is 6.77. The fourth-order valence-electron chi connectivity index (χ4n) is 6.77. The molecule has 0 spiro atoms. The number of aryl methyl sites for hydroxylation is 3. The van der Waals surface area contributed by atoms with Gasteiger partial charge in [-0.15, -0.1) is 5.10 Å². The Bertz CT molecular complexity index is 1620. The summed E-state index contributed by atoms with van der Waals surface area (Å²) in [5.74, 6) is -0.298. The molecule has 2 aliphatic rings. The number of hydrogen-bond donors (Lipinski definition) is 1. The average molecular weight is 540 g/mol. The van der Waals surface area contributed by atoms with Gasteiger partial charge in [0.05, 0.1) is 10.9 Å². The molecule has 2 aromatic carbocycles. The van der Waals surface area contributed by atoms with E-state index in [9.17, 15) is 9.90 Å². The lowest BCUT2D eigenvalue weighted by Crippen LogP contribution is -2.41. The molecule has 1 aliphatic heterocycles. The number of carboxylic acids is 1. The molecule has 0 amide bonds. The first kappa shape index (κ1) is 26.4. The second-order valence-electron chi connectivity index (χ2n) is 12.6. The lowest BCUT2D eigenvalue weighted by Gasteiger charge is -2.35. The molecule has 8 heteroatoms. The minimum absolute atomic E-state index is 0.209. The summed E-state index contributed by atoms with van der Waals surface area (Å²) in [6.45, 7) is 11.5.